The number of rotatable bonds is 5. The van der Waals surface area contributed by atoms with Crippen LogP contribution in [0.25, 0.3) is 11.1 Å². The molecule has 0 atom stereocenters. The molecule has 6 heteroatoms. The molecule has 6 nitrogen and oxygen atoms in total. The Balaban J connectivity index is 1.58. The Labute approximate surface area is 200 Å². The van der Waals surface area contributed by atoms with Crippen LogP contribution in [-0.4, -0.2) is 35.7 Å². The number of amides is 1. The van der Waals surface area contributed by atoms with Crippen molar-refractivity contribution in [1.29, 1.82) is 0 Å². The van der Waals surface area contributed by atoms with Gasteiger partial charge in [-0.3, -0.25) is 0 Å². The summed E-state index contributed by atoms with van der Waals surface area (Å²) in [5.41, 5.74) is 4.67. The second kappa shape index (κ2) is 10.00. The van der Waals surface area contributed by atoms with Crippen molar-refractivity contribution in [1.82, 2.24) is 4.90 Å². The van der Waals surface area contributed by atoms with Crippen LogP contribution in [0.2, 0.25) is 0 Å². The fourth-order valence-electron chi connectivity index (χ4n) is 4.04. The van der Waals surface area contributed by atoms with E-state index in [1.54, 1.807) is 17.0 Å². The van der Waals surface area contributed by atoms with Gasteiger partial charge in [0.1, 0.15) is 17.9 Å². The van der Waals surface area contributed by atoms with E-state index in [1.807, 2.05) is 63.2 Å². The maximum atomic E-state index is 12.8. The number of ether oxygens (including phenoxy) is 2. The zero-order valence-electron chi connectivity index (χ0n) is 19.8. The summed E-state index contributed by atoms with van der Waals surface area (Å²) in [6.45, 7) is 6.57. The number of nitrogens with one attached hydrogen (secondary N) is 1. The van der Waals surface area contributed by atoms with E-state index in [4.69, 9.17) is 9.47 Å². The van der Waals surface area contributed by atoms with Gasteiger partial charge in [0.25, 0.3) is 0 Å². The highest BCUT2D eigenvalue weighted by molar-refractivity contribution is 5.80. The van der Waals surface area contributed by atoms with E-state index in [0.717, 1.165) is 22.4 Å². The number of esters is 1. The third-order valence-electron chi connectivity index (χ3n) is 5.55. The first kappa shape index (κ1) is 23.4. The van der Waals surface area contributed by atoms with Gasteiger partial charge in [-0.25, -0.2) is 9.59 Å². The molecule has 0 spiro atoms. The molecule has 3 aromatic rings. The highest BCUT2D eigenvalue weighted by Gasteiger charge is 2.28. The molecule has 176 valence electrons. The predicted octanol–water partition coefficient (Wildman–Crippen LogP) is 5.66. The molecule has 0 saturated heterocycles. The maximum Gasteiger partial charge on any atom is 0.410 e. The van der Waals surface area contributed by atoms with Crippen molar-refractivity contribution in [2.75, 3.05) is 18.4 Å². The van der Waals surface area contributed by atoms with Gasteiger partial charge < -0.3 is 19.7 Å². The van der Waals surface area contributed by atoms with E-state index in [1.165, 1.54) is 5.56 Å². The maximum absolute atomic E-state index is 12.8. The third kappa shape index (κ3) is 5.76. The molecule has 1 aliphatic rings. The Bertz CT molecular complexity index is 1150. The zero-order chi connectivity index (χ0) is 24.1. The molecule has 4 rings (SSSR count). The smallest absolute Gasteiger partial charge is 0.410 e. The third-order valence-corrected chi connectivity index (χ3v) is 5.55. The number of carbonyl (C=O) groups excluding carboxylic acids is 2. The lowest BCUT2D eigenvalue weighted by Crippen LogP contribution is -2.40. The number of anilines is 1. The number of benzene rings is 3. The molecule has 1 amide bonds. The molecule has 0 radical (unpaired) electrons. The Morgan fingerprint density at radius 1 is 0.912 bits per heavy atom. The standard InChI is InChI=1S/C28H30N2O4/c1-28(2,3)34-27(32)30-17-16-23-22(20-10-6-4-7-11-20)14-15-25(24(23)19-30)29-18-26(31)33-21-12-8-5-9-13-21/h4-15,29H,16-19H2,1-3H3. The van der Waals surface area contributed by atoms with Gasteiger partial charge in [-0.2, -0.15) is 0 Å². The molecule has 3 aromatic carbocycles. The summed E-state index contributed by atoms with van der Waals surface area (Å²) in [5.74, 6) is 0.124. The lowest BCUT2D eigenvalue weighted by atomic mass is 9.89. The first-order valence-corrected chi connectivity index (χ1v) is 11.5. The normalized spacial score (nSPS) is 13.1. The van der Waals surface area contributed by atoms with Gasteiger partial charge in [0.2, 0.25) is 0 Å². The average molecular weight is 459 g/mol. The molecule has 0 unspecified atom stereocenters. The number of fused-ring (bicyclic) bond motifs is 1. The minimum Gasteiger partial charge on any atom is -0.444 e. The van der Waals surface area contributed by atoms with Crippen molar-refractivity contribution in [3.63, 3.8) is 0 Å². The summed E-state index contributed by atoms with van der Waals surface area (Å²) in [6, 6.07) is 23.2. The highest BCUT2D eigenvalue weighted by atomic mass is 16.6. The van der Waals surface area contributed by atoms with Crippen LogP contribution in [0.15, 0.2) is 72.8 Å². The van der Waals surface area contributed by atoms with Crippen molar-refractivity contribution in [2.24, 2.45) is 0 Å². The lowest BCUT2D eigenvalue weighted by Gasteiger charge is -2.33. The van der Waals surface area contributed by atoms with Gasteiger partial charge >= 0.3 is 12.1 Å². The Kier molecular flexibility index (Phi) is 6.87. The van der Waals surface area contributed by atoms with E-state index < -0.39 is 5.60 Å². The summed E-state index contributed by atoms with van der Waals surface area (Å²) in [6.07, 6.45) is 0.362. The topological polar surface area (TPSA) is 67.9 Å². The van der Waals surface area contributed by atoms with E-state index in [9.17, 15) is 9.59 Å². The van der Waals surface area contributed by atoms with Crippen LogP contribution in [0.1, 0.15) is 31.9 Å². The van der Waals surface area contributed by atoms with Crippen LogP contribution in [0.5, 0.6) is 5.75 Å². The molecule has 0 aliphatic carbocycles. The van der Waals surface area contributed by atoms with Crippen molar-refractivity contribution in [3.8, 4) is 16.9 Å². The number of nitrogens with zero attached hydrogens (tertiary/aromatic N) is 1. The molecule has 34 heavy (non-hydrogen) atoms. The van der Waals surface area contributed by atoms with Crippen LogP contribution in [0.3, 0.4) is 0 Å². The zero-order valence-corrected chi connectivity index (χ0v) is 19.8. The first-order valence-electron chi connectivity index (χ1n) is 11.5. The van der Waals surface area contributed by atoms with E-state index in [0.29, 0.717) is 25.3 Å². The number of carbonyl (C=O) groups is 2. The van der Waals surface area contributed by atoms with E-state index in [2.05, 4.69) is 23.5 Å². The van der Waals surface area contributed by atoms with Crippen LogP contribution in [0.4, 0.5) is 10.5 Å². The van der Waals surface area contributed by atoms with Crippen molar-refractivity contribution < 1.29 is 19.1 Å². The van der Waals surface area contributed by atoms with Crippen LogP contribution in [0, 0.1) is 0 Å². The van der Waals surface area contributed by atoms with Gasteiger partial charge in [-0.15, -0.1) is 0 Å². The van der Waals surface area contributed by atoms with Gasteiger partial charge in [0.15, 0.2) is 0 Å². The summed E-state index contributed by atoms with van der Waals surface area (Å²) in [4.78, 5) is 26.9. The summed E-state index contributed by atoms with van der Waals surface area (Å²) < 4.78 is 11.0. The number of hydrogen-bond donors (Lipinski definition) is 1. The molecule has 0 fully saturated rings. The average Bonchev–Trinajstić information content (AvgIpc) is 2.82. The molecule has 0 bridgehead atoms. The fraction of sp³-hybridized carbons (Fsp3) is 0.286. The number of hydrogen-bond acceptors (Lipinski definition) is 5. The summed E-state index contributed by atoms with van der Waals surface area (Å²) >= 11 is 0. The Morgan fingerprint density at radius 2 is 1.59 bits per heavy atom. The molecule has 0 aromatic heterocycles. The molecular formula is C28H30N2O4. The molecule has 0 saturated carbocycles. The molecule has 1 aliphatic heterocycles. The minimum absolute atomic E-state index is 0.0124. The molecule has 1 heterocycles. The Hall–Kier alpha value is -3.80. The second-order valence-electron chi connectivity index (χ2n) is 9.28. The summed E-state index contributed by atoms with van der Waals surface area (Å²) in [5, 5.41) is 3.23. The number of para-hydroxylation sites is 1. The molecule has 1 N–H and O–H groups in total. The first-order chi connectivity index (χ1) is 16.3. The predicted molar refractivity (Wildman–Crippen MR) is 133 cm³/mol. The van der Waals surface area contributed by atoms with Gasteiger partial charge in [0, 0.05) is 12.2 Å². The highest BCUT2D eigenvalue weighted by Crippen LogP contribution is 2.35. The van der Waals surface area contributed by atoms with Crippen molar-refractivity contribution >= 4 is 17.7 Å². The van der Waals surface area contributed by atoms with Crippen LogP contribution in [-0.2, 0) is 22.5 Å². The van der Waals surface area contributed by atoms with E-state index >= 15 is 0 Å². The van der Waals surface area contributed by atoms with Crippen molar-refractivity contribution in [3.05, 3.63) is 83.9 Å². The second-order valence-corrected chi connectivity index (χ2v) is 9.28. The summed E-state index contributed by atoms with van der Waals surface area (Å²) in [7, 11) is 0. The lowest BCUT2D eigenvalue weighted by molar-refractivity contribution is -0.132. The fourth-order valence-corrected chi connectivity index (χ4v) is 4.04. The minimum atomic E-state index is -0.564. The quantitative estimate of drug-likeness (QED) is 0.394. The van der Waals surface area contributed by atoms with Crippen molar-refractivity contribution in [2.45, 2.75) is 39.3 Å². The van der Waals surface area contributed by atoms with Crippen LogP contribution < -0.4 is 10.1 Å². The van der Waals surface area contributed by atoms with Gasteiger partial charge in [-0.05, 0) is 67.6 Å². The Morgan fingerprint density at radius 3 is 2.26 bits per heavy atom. The largest absolute Gasteiger partial charge is 0.444 e. The van der Waals surface area contributed by atoms with Gasteiger partial charge in [0.05, 0.1) is 6.54 Å². The molecular weight excluding hydrogens is 428 g/mol. The SMILES string of the molecule is CC(C)(C)OC(=O)N1CCc2c(-c3ccccc3)ccc(NCC(=O)Oc3ccccc3)c2C1. The van der Waals surface area contributed by atoms with Gasteiger partial charge in [-0.1, -0.05) is 54.6 Å². The monoisotopic (exact) mass is 458 g/mol. The van der Waals surface area contributed by atoms with E-state index in [-0.39, 0.29) is 18.6 Å². The van der Waals surface area contributed by atoms with Crippen LogP contribution >= 0.6 is 0 Å².